The quantitative estimate of drug-likeness (QED) is 0.536. The van der Waals surface area contributed by atoms with Crippen LogP contribution in [0.1, 0.15) is 18.6 Å². The average molecular weight is 436 g/mol. The van der Waals surface area contributed by atoms with Gasteiger partial charge in [0.15, 0.2) is 0 Å². The van der Waals surface area contributed by atoms with Crippen molar-refractivity contribution in [3.8, 4) is 0 Å². The zero-order valence-electron chi connectivity index (χ0n) is 13.4. The molecular weight excluding hydrogens is 404 g/mol. The van der Waals surface area contributed by atoms with Crippen LogP contribution in [0.25, 0.3) is 0 Å². The maximum absolute atomic E-state index is 4.50. The predicted octanol–water partition coefficient (Wildman–Crippen LogP) is 5.51. The highest BCUT2D eigenvalue weighted by Crippen LogP contribution is 1.92. The van der Waals surface area contributed by atoms with E-state index in [0.717, 1.165) is 4.24 Å². The fourth-order valence-electron chi connectivity index (χ4n) is 1.07. The van der Waals surface area contributed by atoms with Crippen molar-refractivity contribution in [1.82, 2.24) is 0 Å². The Labute approximate surface area is 154 Å². The summed E-state index contributed by atoms with van der Waals surface area (Å²) in [6.07, 6.45) is 0. The van der Waals surface area contributed by atoms with Crippen LogP contribution in [-0.4, -0.2) is 18.3 Å². The highest BCUT2D eigenvalue weighted by Gasteiger charge is 1.72. The van der Waals surface area contributed by atoms with E-state index in [2.05, 4.69) is 81.4 Å². The molecule has 2 aromatic carbocycles. The average Bonchev–Trinajstić information content (AvgIpc) is 2.54. The van der Waals surface area contributed by atoms with Crippen molar-refractivity contribution in [3.05, 3.63) is 71.8 Å². The molecule has 2 aromatic rings. The van der Waals surface area contributed by atoms with E-state index in [1.807, 2.05) is 36.4 Å². The largest absolute Gasteiger partial charge is 0.333 e. The van der Waals surface area contributed by atoms with Crippen molar-refractivity contribution in [2.75, 3.05) is 18.3 Å². The number of rotatable bonds is 0. The lowest BCUT2D eigenvalue weighted by Crippen LogP contribution is -1.69. The van der Waals surface area contributed by atoms with Crippen molar-refractivity contribution in [2.45, 2.75) is 21.3 Å². The van der Waals surface area contributed by atoms with E-state index in [0.29, 0.717) is 0 Å². The molecule has 0 saturated carbocycles. The summed E-state index contributed by atoms with van der Waals surface area (Å²) in [7, 11) is 3.00. The first-order valence-electron chi connectivity index (χ1n) is 6.51. The summed E-state index contributed by atoms with van der Waals surface area (Å²) in [5.74, 6) is 0. The molecule has 0 atom stereocenters. The molecule has 0 spiro atoms. The molecular formula is C18H32Br2N2. The van der Waals surface area contributed by atoms with E-state index in [1.54, 1.807) is 0 Å². The first-order valence-corrected chi connectivity index (χ1v) is 8.75. The number of nitrogens with two attached hydrogens (primary N) is 2. The molecule has 0 aliphatic carbocycles. The lowest BCUT2D eigenvalue weighted by molar-refractivity contribution is 1.48. The van der Waals surface area contributed by atoms with Crippen molar-refractivity contribution in [2.24, 2.45) is 11.5 Å². The Bertz CT molecular complexity index is 330. The molecule has 0 bridgehead atoms. The molecule has 0 aliphatic rings. The Kier molecular flexibility index (Phi) is 38.0. The zero-order chi connectivity index (χ0) is 16.9. The predicted molar refractivity (Wildman–Crippen MR) is 112 cm³/mol. The lowest BCUT2D eigenvalue weighted by atomic mass is 10.2. The minimum atomic E-state index is 0. The molecule has 0 unspecified atom stereocenters. The molecule has 2 nitrogen and oxygen atoms in total. The van der Waals surface area contributed by atoms with Gasteiger partial charge in [-0.3, -0.25) is 0 Å². The molecule has 0 aromatic heterocycles. The SMILES string of the molecule is BrCBr.C.CN.CN.Cc1ccccc1.Cc1ccccc1. The molecule has 0 heterocycles. The maximum Gasteiger partial charge on any atom is 0.0588 e. The van der Waals surface area contributed by atoms with Gasteiger partial charge in [0.2, 0.25) is 0 Å². The summed E-state index contributed by atoms with van der Waals surface area (Å²) in [6.45, 7) is 4.17. The minimum absolute atomic E-state index is 0. The standard InChI is InChI=1S/2C7H8.CH2Br2.2CH5N.CH4/c2*1-7-5-3-2-4-6-7;2-1-3;2*1-2;/h2*2-6H,1H3;1H2;2*2H2,1H3;1H4. The zero-order valence-corrected chi connectivity index (χ0v) is 16.6. The molecule has 4 heteroatoms. The van der Waals surface area contributed by atoms with Gasteiger partial charge in [-0.15, -0.1) is 0 Å². The second-order valence-corrected chi connectivity index (χ2v) is 6.04. The summed E-state index contributed by atoms with van der Waals surface area (Å²) >= 11 is 6.12. The molecule has 0 amide bonds. The Morgan fingerprint density at radius 2 is 0.818 bits per heavy atom. The van der Waals surface area contributed by atoms with Crippen LogP contribution in [0.4, 0.5) is 0 Å². The Balaban J connectivity index is -0.000000102. The first-order chi connectivity index (χ1) is 10.2. The second-order valence-electron chi connectivity index (χ2n) is 3.41. The molecule has 0 aliphatic heterocycles. The van der Waals surface area contributed by atoms with Gasteiger partial charge < -0.3 is 11.5 Å². The normalized spacial score (nSPS) is 6.91. The third kappa shape index (κ3) is 27.6. The van der Waals surface area contributed by atoms with Gasteiger partial charge in [-0.25, -0.2) is 0 Å². The van der Waals surface area contributed by atoms with E-state index in [9.17, 15) is 0 Å². The van der Waals surface area contributed by atoms with E-state index in [-0.39, 0.29) is 7.43 Å². The van der Waals surface area contributed by atoms with Gasteiger partial charge in [-0.2, -0.15) is 0 Å². The van der Waals surface area contributed by atoms with Gasteiger partial charge in [0, 0.05) is 0 Å². The Morgan fingerprint density at radius 1 is 0.636 bits per heavy atom. The van der Waals surface area contributed by atoms with Crippen LogP contribution < -0.4 is 11.5 Å². The third-order valence-corrected chi connectivity index (χ3v) is 1.88. The highest BCUT2D eigenvalue weighted by molar-refractivity contribution is 9.24. The van der Waals surface area contributed by atoms with Gasteiger partial charge in [-0.1, -0.05) is 111 Å². The van der Waals surface area contributed by atoms with E-state index < -0.39 is 0 Å². The number of hydrogen-bond donors (Lipinski definition) is 2. The fourth-order valence-corrected chi connectivity index (χ4v) is 1.07. The number of hydrogen-bond acceptors (Lipinski definition) is 2. The van der Waals surface area contributed by atoms with E-state index in [1.165, 1.54) is 25.2 Å². The monoisotopic (exact) mass is 434 g/mol. The van der Waals surface area contributed by atoms with Crippen LogP contribution in [-0.2, 0) is 0 Å². The van der Waals surface area contributed by atoms with Crippen LogP contribution in [0.15, 0.2) is 60.7 Å². The molecule has 0 radical (unpaired) electrons. The van der Waals surface area contributed by atoms with Crippen molar-refractivity contribution in [3.63, 3.8) is 0 Å². The number of aryl methyl sites for hydroxylation is 2. The molecule has 128 valence electrons. The lowest BCUT2D eigenvalue weighted by Gasteiger charge is -1.82. The molecule has 22 heavy (non-hydrogen) atoms. The smallest absolute Gasteiger partial charge is 0.0588 e. The maximum atomic E-state index is 4.50. The summed E-state index contributed by atoms with van der Waals surface area (Å²) in [5.41, 5.74) is 11.6. The van der Waals surface area contributed by atoms with Crippen LogP contribution in [0.3, 0.4) is 0 Å². The molecule has 2 rings (SSSR count). The van der Waals surface area contributed by atoms with Gasteiger partial charge in [0.05, 0.1) is 4.24 Å². The van der Waals surface area contributed by atoms with Crippen LogP contribution in [0.2, 0.25) is 0 Å². The van der Waals surface area contributed by atoms with E-state index >= 15 is 0 Å². The van der Waals surface area contributed by atoms with Gasteiger partial charge in [-0.05, 0) is 27.9 Å². The molecule has 4 N–H and O–H groups in total. The van der Waals surface area contributed by atoms with E-state index in [4.69, 9.17) is 0 Å². The van der Waals surface area contributed by atoms with Gasteiger partial charge in [0.25, 0.3) is 0 Å². The van der Waals surface area contributed by atoms with Crippen LogP contribution >= 0.6 is 31.9 Å². The minimum Gasteiger partial charge on any atom is -0.333 e. The van der Waals surface area contributed by atoms with Crippen LogP contribution in [0, 0.1) is 13.8 Å². The second kappa shape index (κ2) is 28.5. The fraction of sp³-hybridized carbons (Fsp3) is 0.333. The van der Waals surface area contributed by atoms with Crippen molar-refractivity contribution in [1.29, 1.82) is 0 Å². The Hall–Kier alpha value is -0.680. The molecule has 0 saturated heterocycles. The van der Waals surface area contributed by atoms with Gasteiger partial charge >= 0.3 is 0 Å². The van der Waals surface area contributed by atoms with Crippen molar-refractivity contribution < 1.29 is 0 Å². The summed E-state index contributed by atoms with van der Waals surface area (Å²) in [5, 5.41) is 0. The molecule has 0 fully saturated rings. The summed E-state index contributed by atoms with van der Waals surface area (Å²) in [4.78, 5) is 0. The third-order valence-electron chi connectivity index (χ3n) is 1.88. The highest BCUT2D eigenvalue weighted by atomic mass is 79.9. The first kappa shape index (κ1) is 29.3. The Morgan fingerprint density at radius 3 is 0.909 bits per heavy atom. The van der Waals surface area contributed by atoms with Crippen LogP contribution in [0.5, 0.6) is 0 Å². The topological polar surface area (TPSA) is 52.0 Å². The summed E-state index contributed by atoms with van der Waals surface area (Å²) in [6, 6.07) is 20.5. The summed E-state index contributed by atoms with van der Waals surface area (Å²) < 4.78 is 0.875. The number of benzene rings is 2. The van der Waals surface area contributed by atoms with Crippen molar-refractivity contribution >= 4 is 31.9 Å². The number of halogens is 2. The van der Waals surface area contributed by atoms with Gasteiger partial charge in [0.1, 0.15) is 0 Å². The number of alkyl halides is 2.